The van der Waals surface area contributed by atoms with Crippen molar-refractivity contribution in [2.75, 3.05) is 13.2 Å². The van der Waals surface area contributed by atoms with Crippen molar-refractivity contribution < 1.29 is 9.90 Å². The van der Waals surface area contributed by atoms with Crippen LogP contribution in [0.4, 0.5) is 0 Å². The van der Waals surface area contributed by atoms with Gasteiger partial charge in [0.1, 0.15) is 0 Å². The summed E-state index contributed by atoms with van der Waals surface area (Å²) in [6.45, 7) is 0.731. The molecule has 1 aromatic carbocycles. The van der Waals surface area contributed by atoms with Gasteiger partial charge in [-0.1, -0.05) is 0 Å². The Morgan fingerprint density at radius 1 is 1.33 bits per heavy atom. The van der Waals surface area contributed by atoms with Gasteiger partial charge in [0.05, 0.1) is 12.2 Å². The summed E-state index contributed by atoms with van der Waals surface area (Å²) in [5.74, 6) is -0.0458. The van der Waals surface area contributed by atoms with Crippen molar-refractivity contribution in [3.8, 4) is 0 Å². The number of carbonyl (C=O) groups excluding carboxylic acids is 1. The molecule has 1 amide bonds. The molecule has 1 aliphatic carbocycles. The first-order chi connectivity index (χ1) is 8.47. The van der Waals surface area contributed by atoms with E-state index in [2.05, 4.69) is 79.2 Å². The van der Waals surface area contributed by atoms with Gasteiger partial charge in [0.15, 0.2) is 0 Å². The second-order valence-corrected chi connectivity index (χ2v) is 8.08. The number of amides is 1. The van der Waals surface area contributed by atoms with Gasteiger partial charge in [-0.3, -0.25) is 4.79 Å². The van der Waals surface area contributed by atoms with E-state index in [1.165, 1.54) is 0 Å². The molecule has 1 aliphatic rings. The molecule has 3 nitrogen and oxygen atoms in total. The maximum Gasteiger partial charge on any atom is 0.252 e. The zero-order valence-electron chi connectivity index (χ0n) is 9.47. The molecule has 0 aliphatic heterocycles. The molecule has 2 rings (SSSR count). The molecule has 1 fully saturated rings. The highest BCUT2D eigenvalue weighted by molar-refractivity contribution is 14.1. The summed E-state index contributed by atoms with van der Waals surface area (Å²) in [5, 5.41) is 12.2. The summed E-state index contributed by atoms with van der Waals surface area (Å²) in [6, 6.07) is 3.95. The van der Waals surface area contributed by atoms with Crippen LogP contribution in [0.2, 0.25) is 0 Å². The van der Waals surface area contributed by atoms with Gasteiger partial charge in [-0.25, -0.2) is 0 Å². The van der Waals surface area contributed by atoms with Crippen molar-refractivity contribution in [3.05, 3.63) is 28.4 Å². The number of hydrogen-bond donors (Lipinski definition) is 2. The molecule has 0 aromatic heterocycles. The van der Waals surface area contributed by atoms with E-state index in [0.717, 1.165) is 29.1 Å². The van der Waals surface area contributed by atoms with Crippen molar-refractivity contribution in [1.82, 2.24) is 5.32 Å². The zero-order chi connectivity index (χ0) is 13.3. The fourth-order valence-electron chi connectivity index (χ4n) is 1.65. The smallest absolute Gasteiger partial charge is 0.252 e. The first-order valence-electron chi connectivity index (χ1n) is 5.51. The standard InChI is InChI=1S/C12H12I3NO2/c13-7-3-8(10(15)9(14)4-7)11(18)16-5-12(6-17)1-2-12/h3-4,17H,1-2,5-6H2,(H,16,18). The van der Waals surface area contributed by atoms with E-state index >= 15 is 0 Å². The predicted octanol–water partition coefficient (Wildman–Crippen LogP) is 3.00. The Morgan fingerprint density at radius 2 is 2.00 bits per heavy atom. The number of rotatable bonds is 4. The van der Waals surface area contributed by atoms with Gasteiger partial charge in [0.2, 0.25) is 0 Å². The second kappa shape index (κ2) is 6.08. The summed E-state index contributed by atoms with van der Waals surface area (Å²) >= 11 is 6.66. The monoisotopic (exact) mass is 583 g/mol. The number of benzene rings is 1. The molecule has 0 unspecified atom stereocenters. The number of halogens is 3. The van der Waals surface area contributed by atoms with E-state index < -0.39 is 0 Å². The van der Waals surface area contributed by atoms with Gasteiger partial charge >= 0.3 is 0 Å². The highest BCUT2D eigenvalue weighted by atomic mass is 127. The number of carbonyl (C=O) groups is 1. The molecule has 6 heteroatoms. The predicted molar refractivity (Wildman–Crippen MR) is 95.7 cm³/mol. The quantitative estimate of drug-likeness (QED) is 0.424. The van der Waals surface area contributed by atoms with E-state index in [4.69, 9.17) is 0 Å². The lowest BCUT2D eigenvalue weighted by Gasteiger charge is -2.14. The largest absolute Gasteiger partial charge is 0.396 e. The Kier molecular flexibility index (Phi) is 5.15. The first-order valence-corrected chi connectivity index (χ1v) is 8.75. The van der Waals surface area contributed by atoms with Crippen LogP contribution in [0.25, 0.3) is 0 Å². The van der Waals surface area contributed by atoms with Crippen LogP contribution in [-0.2, 0) is 0 Å². The Labute approximate surface area is 147 Å². The van der Waals surface area contributed by atoms with E-state index in [1.54, 1.807) is 0 Å². The van der Waals surface area contributed by atoms with E-state index in [0.29, 0.717) is 6.54 Å². The van der Waals surface area contributed by atoms with Crippen LogP contribution in [0.3, 0.4) is 0 Å². The molecule has 0 spiro atoms. The van der Waals surface area contributed by atoms with Crippen LogP contribution in [0.15, 0.2) is 12.1 Å². The van der Waals surface area contributed by atoms with Crippen molar-refractivity contribution in [2.45, 2.75) is 12.8 Å². The minimum absolute atomic E-state index is 0.0455. The highest BCUT2D eigenvalue weighted by Gasteiger charge is 2.42. The molecular weight excluding hydrogens is 571 g/mol. The second-order valence-electron chi connectivity index (χ2n) is 4.59. The van der Waals surface area contributed by atoms with Crippen molar-refractivity contribution in [2.24, 2.45) is 5.41 Å². The Hall–Kier alpha value is 0.840. The summed E-state index contributed by atoms with van der Waals surface area (Å²) in [5.41, 5.74) is 0.677. The van der Waals surface area contributed by atoms with Crippen LogP contribution < -0.4 is 5.32 Å². The van der Waals surface area contributed by atoms with Gasteiger partial charge in [0, 0.05) is 22.7 Å². The van der Waals surface area contributed by atoms with E-state index in [9.17, 15) is 9.90 Å². The van der Waals surface area contributed by atoms with Crippen molar-refractivity contribution in [1.29, 1.82) is 0 Å². The van der Waals surface area contributed by atoms with Crippen LogP contribution in [-0.4, -0.2) is 24.2 Å². The molecule has 1 saturated carbocycles. The molecular formula is C12H12I3NO2. The maximum absolute atomic E-state index is 12.2. The van der Waals surface area contributed by atoms with Crippen LogP contribution in [0.1, 0.15) is 23.2 Å². The van der Waals surface area contributed by atoms with E-state index in [1.807, 2.05) is 6.07 Å². The lowest BCUT2D eigenvalue weighted by atomic mass is 10.1. The van der Waals surface area contributed by atoms with E-state index in [-0.39, 0.29) is 17.9 Å². The third kappa shape index (κ3) is 3.48. The van der Waals surface area contributed by atoms with Crippen LogP contribution in [0, 0.1) is 16.1 Å². The average Bonchev–Trinajstić information content (AvgIpc) is 3.11. The number of aliphatic hydroxyl groups excluding tert-OH is 1. The molecule has 0 bridgehead atoms. The summed E-state index contributed by atoms with van der Waals surface area (Å²) < 4.78 is 3.14. The van der Waals surface area contributed by atoms with Gasteiger partial charge in [-0.15, -0.1) is 0 Å². The minimum Gasteiger partial charge on any atom is -0.396 e. The fraction of sp³-hybridized carbons (Fsp3) is 0.417. The van der Waals surface area contributed by atoms with Crippen LogP contribution in [0.5, 0.6) is 0 Å². The van der Waals surface area contributed by atoms with Gasteiger partial charge in [0.25, 0.3) is 5.91 Å². The Morgan fingerprint density at radius 3 is 2.56 bits per heavy atom. The molecule has 1 aromatic rings. The molecule has 0 atom stereocenters. The lowest BCUT2D eigenvalue weighted by molar-refractivity contribution is 0.0934. The molecule has 0 heterocycles. The van der Waals surface area contributed by atoms with Crippen molar-refractivity contribution >= 4 is 73.7 Å². The Balaban J connectivity index is 2.09. The molecule has 2 N–H and O–H groups in total. The third-order valence-corrected chi connectivity index (χ3v) is 6.82. The number of hydrogen-bond acceptors (Lipinski definition) is 2. The van der Waals surface area contributed by atoms with Gasteiger partial charge < -0.3 is 10.4 Å². The molecule has 0 radical (unpaired) electrons. The SMILES string of the molecule is O=C(NCC1(CO)CC1)c1cc(I)cc(I)c1I. The van der Waals surface area contributed by atoms with Crippen molar-refractivity contribution in [3.63, 3.8) is 0 Å². The average molecular weight is 583 g/mol. The maximum atomic E-state index is 12.2. The summed E-state index contributed by atoms with van der Waals surface area (Å²) in [4.78, 5) is 12.2. The minimum atomic E-state index is -0.0458. The molecule has 18 heavy (non-hydrogen) atoms. The number of nitrogens with one attached hydrogen (secondary N) is 1. The summed E-state index contributed by atoms with van der Waals surface area (Å²) in [6.07, 6.45) is 2.01. The highest BCUT2D eigenvalue weighted by Crippen LogP contribution is 2.44. The normalized spacial score (nSPS) is 16.4. The topological polar surface area (TPSA) is 49.3 Å². The fourth-order valence-corrected chi connectivity index (χ4v) is 4.05. The van der Waals surface area contributed by atoms with Gasteiger partial charge in [-0.2, -0.15) is 0 Å². The van der Waals surface area contributed by atoms with Crippen LogP contribution >= 0.6 is 67.8 Å². The molecule has 0 saturated heterocycles. The summed E-state index contributed by atoms with van der Waals surface area (Å²) in [7, 11) is 0. The lowest BCUT2D eigenvalue weighted by Crippen LogP contribution is -2.32. The molecule has 98 valence electrons. The third-order valence-electron chi connectivity index (χ3n) is 3.15. The zero-order valence-corrected chi connectivity index (χ0v) is 15.9. The first kappa shape index (κ1) is 15.2. The van der Waals surface area contributed by atoms with Gasteiger partial charge in [-0.05, 0) is 92.7 Å². The number of aliphatic hydroxyl groups is 1. The Bertz CT molecular complexity index is 486.